The molecule has 6 nitrogen and oxygen atoms in total. The molecule has 0 aliphatic carbocycles. The topological polar surface area (TPSA) is 61.7 Å². The zero-order valence-electron chi connectivity index (χ0n) is 37.2. The summed E-state index contributed by atoms with van der Waals surface area (Å²) in [5.41, 5.74) is 15.3. The Morgan fingerprint density at radius 3 is 1.29 bits per heavy atom. The quantitative estimate of drug-likeness (QED) is 0.160. The Bertz CT molecular complexity index is 4110. The summed E-state index contributed by atoms with van der Waals surface area (Å²) < 4.78 is 11.9. The van der Waals surface area contributed by atoms with Crippen molar-refractivity contribution < 1.29 is 4.42 Å². The highest BCUT2D eigenvalue weighted by Crippen LogP contribution is 2.44. The standard InChI is InChI=1S/C63H39N5O/c1-4-15-40(16-5-1)42-27-31-44(32-28-42)61-64-62(45-33-29-43(30-34-45)41-17-6-2-7-18-41)66-63(65-61)46-35-36-50-51-37-38-53-52-23-14-26-56(68-54-24-12-10-21-48(54)49-22-11-13-25-55(49)68)59(52)69-60(53)58(51)67(57(50)39-46)47-19-8-3-9-20-47/h1-39H. The van der Waals surface area contributed by atoms with Crippen LogP contribution in [0.4, 0.5) is 0 Å². The molecule has 14 rings (SSSR count). The third-order valence-electron chi connectivity index (χ3n) is 13.6. The van der Waals surface area contributed by atoms with Gasteiger partial charge in [0, 0.05) is 54.7 Å². The number of hydrogen-bond acceptors (Lipinski definition) is 4. The smallest absolute Gasteiger partial charge is 0.164 e. The lowest BCUT2D eigenvalue weighted by Gasteiger charge is -2.11. The van der Waals surface area contributed by atoms with Gasteiger partial charge in [-0.15, -0.1) is 0 Å². The van der Waals surface area contributed by atoms with Crippen LogP contribution in [0.25, 0.3) is 133 Å². The number of benzene rings is 10. The molecule has 10 aromatic carbocycles. The van der Waals surface area contributed by atoms with Crippen LogP contribution in [0.3, 0.4) is 0 Å². The normalized spacial score (nSPS) is 11.8. The third-order valence-corrected chi connectivity index (χ3v) is 13.6. The molecule has 14 aromatic rings. The van der Waals surface area contributed by atoms with Crippen molar-refractivity contribution in [2.45, 2.75) is 0 Å². The van der Waals surface area contributed by atoms with Gasteiger partial charge in [0.25, 0.3) is 0 Å². The Balaban J connectivity index is 0.973. The first-order chi connectivity index (χ1) is 34.2. The highest BCUT2D eigenvalue weighted by atomic mass is 16.3. The second-order valence-electron chi connectivity index (χ2n) is 17.6. The molecule has 0 aliphatic heterocycles. The molecule has 0 N–H and O–H groups in total. The molecule has 4 aromatic heterocycles. The number of para-hydroxylation sites is 4. The van der Waals surface area contributed by atoms with Gasteiger partial charge in [-0.1, -0.05) is 194 Å². The minimum atomic E-state index is 0.589. The molecule has 0 spiro atoms. The largest absolute Gasteiger partial charge is 0.452 e. The number of furan rings is 1. The Morgan fingerprint density at radius 1 is 0.275 bits per heavy atom. The Labute approximate surface area is 396 Å². The van der Waals surface area contributed by atoms with Gasteiger partial charge in [0.1, 0.15) is 0 Å². The van der Waals surface area contributed by atoms with E-state index < -0.39 is 0 Å². The van der Waals surface area contributed by atoms with E-state index in [4.69, 9.17) is 19.4 Å². The van der Waals surface area contributed by atoms with Gasteiger partial charge in [-0.05, 0) is 64.7 Å². The maximum absolute atomic E-state index is 7.25. The van der Waals surface area contributed by atoms with Crippen molar-refractivity contribution in [3.63, 3.8) is 0 Å². The molecule has 0 saturated carbocycles. The SMILES string of the molecule is c1ccc(-c2ccc(-c3nc(-c4ccc(-c5ccccc5)cc4)nc(-c4ccc5c6ccc7c8cccc(-n9c%10ccccc%10c%10ccccc%109)c8oc7c6n(-c6ccccc6)c5c4)n3)cc2)cc1. The van der Waals surface area contributed by atoms with Crippen molar-refractivity contribution in [1.82, 2.24) is 24.1 Å². The maximum Gasteiger partial charge on any atom is 0.164 e. The second kappa shape index (κ2) is 15.6. The van der Waals surface area contributed by atoms with Crippen molar-refractivity contribution in [3.05, 3.63) is 237 Å². The molecule has 0 aliphatic rings. The lowest BCUT2D eigenvalue weighted by Crippen LogP contribution is -2.00. The fourth-order valence-corrected chi connectivity index (χ4v) is 10.3. The molecule has 0 saturated heterocycles. The van der Waals surface area contributed by atoms with Gasteiger partial charge in [-0.2, -0.15) is 0 Å². The van der Waals surface area contributed by atoms with Crippen LogP contribution in [0, 0.1) is 0 Å². The predicted molar refractivity (Wildman–Crippen MR) is 283 cm³/mol. The van der Waals surface area contributed by atoms with Gasteiger partial charge in [0.15, 0.2) is 28.6 Å². The first kappa shape index (κ1) is 38.8. The molecule has 0 amide bonds. The van der Waals surface area contributed by atoms with Crippen LogP contribution in [0.2, 0.25) is 0 Å². The van der Waals surface area contributed by atoms with Gasteiger partial charge in [0.2, 0.25) is 0 Å². The second-order valence-corrected chi connectivity index (χ2v) is 17.6. The molecule has 0 unspecified atom stereocenters. The van der Waals surface area contributed by atoms with Crippen LogP contribution in [0.15, 0.2) is 241 Å². The highest BCUT2D eigenvalue weighted by Gasteiger charge is 2.23. The summed E-state index contributed by atoms with van der Waals surface area (Å²) >= 11 is 0. The first-order valence-electron chi connectivity index (χ1n) is 23.3. The molecular formula is C63H39N5O. The predicted octanol–water partition coefficient (Wildman–Crippen LogP) is 16.3. The van der Waals surface area contributed by atoms with Gasteiger partial charge in [0.05, 0.1) is 27.8 Å². The van der Waals surface area contributed by atoms with Crippen LogP contribution in [0.5, 0.6) is 0 Å². The highest BCUT2D eigenvalue weighted by molar-refractivity contribution is 6.23. The molecule has 0 atom stereocenters. The monoisotopic (exact) mass is 881 g/mol. The molecule has 4 heterocycles. The van der Waals surface area contributed by atoms with E-state index in [1.807, 2.05) is 12.1 Å². The first-order valence-corrected chi connectivity index (χ1v) is 23.3. The van der Waals surface area contributed by atoms with Crippen molar-refractivity contribution >= 4 is 65.6 Å². The van der Waals surface area contributed by atoms with E-state index >= 15 is 0 Å². The minimum absolute atomic E-state index is 0.589. The Hall–Kier alpha value is -9.39. The Kier molecular flexibility index (Phi) is 8.79. The Morgan fingerprint density at radius 2 is 0.696 bits per heavy atom. The fourth-order valence-electron chi connectivity index (χ4n) is 10.3. The van der Waals surface area contributed by atoms with E-state index in [1.54, 1.807) is 0 Å². The summed E-state index contributed by atoms with van der Waals surface area (Å²) in [6.45, 7) is 0. The molecule has 0 radical (unpaired) electrons. The molecule has 0 fully saturated rings. The summed E-state index contributed by atoms with van der Waals surface area (Å²) in [7, 11) is 0. The van der Waals surface area contributed by atoms with E-state index in [1.165, 1.54) is 10.8 Å². The van der Waals surface area contributed by atoms with Gasteiger partial charge in [-0.3, -0.25) is 0 Å². The third kappa shape index (κ3) is 6.30. The number of rotatable bonds is 7. The average Bonchev–Trinajstić information content (AvgIpc) is 4.09. The van der Waals surface area contributed by atoms with Crippen LogP contribution < -0.4 is 0 Å². The van der Waals surface area contributed by atoms with Crippen LogP contribution in [-0.2, 0) is 0 Å². The fraction of sp³-hybridized carbons (Fsp3) is 0. The summed E-state index contributed by atoms with van der Waals surface area (Å²) in [6, 6.07) is 83.1. The zero-order valence-corrected chi connectivity index (χ0v) is 37.2. The van der Waals surface area contributed by atoms with Gasteiger partial charge in [-0.25, -0.2) is 15.0 Å². The van der Waals surface area contributed by atoms with Gasteiger partial charge >= 0.3 is 0 Å². The van der Waals surface area contributed by atoms with Crippen LogP contribution in [0.1, 0.15) is 0 Å². The number of aromatic nitrogens is 5. The van der Waals surface area contributed by atoms with Crippen molar-refractivity contribution in [2.75, 3.05) is 0 Å². The van der Waals surface area contributed by atoms with E-state index in [9.17, 15) is 0 Å². The number of hydrogen-bond donors (Lipinski definition) is 0. The summed E-state index contributed by atoms with van der Waals surface area (Å²) in [5.74, 6) is 1.80. The number of nitrogens with zero attached hydrogens (tertiary/aromatic N) is 5. The molecule has 0 bridgehead atoms. The molecule has 6 heteroatoms. The lowest BCUT2D eigenvalue weighted by atomic mass is 10.0. The maximum atomic E-state index is 7.25. The van der Waals surface area contributed by atoms with E-state index in [-0.39, 0.29) is 0 Å². The van der Waals surface area contributed by atoms with E-state index in [0.29, 0.717) is 17.5 Å². The number of fused-ring (bicyclic) bond motifs is 10. The zero-order chi connectivity index (χ0) is 45.4. The van der Waals surface area contributed by atoms with Crippen molar-refractivity contribution in [2.24, 2.45) is 0 Å². The molecule has 69 heavy (non-hydrogen) atoms. The van der Waals surface area contributed by atoms with Crippen LogP contribution in [-0.4, -0.2) is 24.1 Å². The van der Waals surface area contributed by atoms with Crippen LogP contribution >= 0.6 is 0 Å². The van der Waals surface area contributed by atoms with E-state index in [0.717, 1.165) is 105 Å². The summed E-state index contributed by atoms with van der Waals surface area (Å²) in [6.07, 6.45) is 0. The summed E-state index contributed by atoms with van der Waals surface area (Å²) in [5, 5.41) is 6.75. The van der Waals surface area contributed by atoms with Gasteiger partial charge < -0.3 is 13.6 Å². The lowest BCUT2D eigenvalue weighted by molar-refractivity contribution is 0.668. The van der Waals surface area contributed by atoms with Crippen molar-refractivity contribution in [3.8, 4) is 67.8 Å². The molecule has 322 valence electrons. The van der Waals surface area contributed by atoms with E-state index in [2.05, 4.69) is 234 Å². The minimum Gasteiger partial charge on any atom is -0.452 e. The van der Waals surface area contributed by atoms with Crippen molar-refractivity contribution in [1.29, 1.82) is 0 Å². The summed E-state index contributed by atoms with van der Waals surface area (Å²) in [4.78, 5) is 15.6. The molecular weight excluding hydrogens is 843 g/mol. The average molecular weight is 882 g/mol.